The van der Waals surface area contributed by atoms with Gasteiger partial charge in [0.2, 0.25) is 5.91 Å². The Balaban J connectivity index is 1.87. The molecule has 0 radical (unpaired) electrons. The van der Waals surface area contributed by atoms with E-state index in [0.717, 1.165) is 18.7 Å². The first kappa shape index (κ1) is 11.0. The molecule has 0 N–H and O–H groups in total. The van der Waals surface area contributed by atoms with Crippen LogP contribution in [0.2, 0.25) is 0 Å². The molecule has 1 aliphatic heterocycles. The number of nitrogens with zero attached hydrogens (tertiary/aromatic N) is 1. The normalized spacial score (nSPS) is 15.1. The average molecular weight is 237 g/mol. The lowest BCUT2D eigenvalue weighted by Gasteiger charge is -2.15. The summed E-state index contributed by atoms with van der Waals surface area (Å²) in [6, 6.07) is 18.5. The van der Waals surface area contributed by atoms with Crippen LogP contribution in [0.5, 0.6) is 0 Å². The summed E-state index contributed by atoms with van der Waals surface area (Å²) in [6.45, 7) is 0.851. The maximum atomic E-state index is 11.7. The second kappa shape index (κ2) is 4.65. The minimum Gasteiger partial charge on any atom is -0.312 e. The topological polar surface area (TPSA) is 20.3 Å². The van der Waals surface area contributed by atoms with Crippen molar-refractivity contribution in [2.24, 2.45) is 0 Å². The van der Waals surface area contributed by atoms with Crippen molar-refractivity contribution in [3.63, 3.8) is 0 Å². The lowest BCUT2D eigenvalue weighted by atomic mass is 10.1. The van der Waals surface area contributed by atoms with E-state index < -0.39 is 0 Å². The Morgan fingerprint density at radius 2 is 1.50 bits per heavy atom. The highest BCUT2D eigenvalue weighted by atomic mass is 16.2. The van der Waals surface area contributed by atoms with E-state index in [1.165, 1.54) is 11.1 Å². The van der Waals surface area contributed by atoms with Gasteiger partial charge in [-0.3, -0.25) is 4.79 Å². The molecule has 2 nitrogen and oxygen atoms in total. The zero-order valence-electron chi connectivity index (χ0n) is 10.2. The summed E-state index contributed by atoms with van der Waals surface area (Å²) in [4.78, 5) is 13.5. The smallest absolute Gasteiger partial charge is 0.227 e. The predicted octanol–water partition coefficient (Wildman–Crippen LogP) is 3.48. The third-order valence-corrected chi connectivity index (χ3v) is 3.36. The standard InChI is InChI=1S/C16H15NO/c18-16-7-4-12-17(16)15-10-8-14(9-11-15)13-5-2-1-3-6-13/h1-3,5-6,8-11H,4,7,12H2. The van der Waals surface area contributed by atoms with E-state index in [-0.39, 0.29) is 5.91 Å². The van der Waals surface area contributed by atoms with E-state index in [4.69, 9.17) is 0 Å². The van der Waals surface area contributed by atoms with Crippen LogP contribution < -0.4 is 4.90 Å². The molecule has 0 atom stereocenters. The summed E-state index contributed by atoms with van der Waals surface area (Å²) >= 11 is 0. The third-order valence-electron chi connectivity index (χ3n) is 3.36. The van der Waals surface area contributed by atoms with E-state index in [0.29, 0.717) is 6.42 Å². The summed E-state index contributed by atoms with van der Waals surface area (Å²) in [5.74, 6) is 0.238. The molecule has 1 amide bonds. The highest BCUT2D eigenvalue weighted by molar-refractivity contribution is 5.95. The molecule has 0 unspecified atom stereocenters. The van der Waals surface area contributed by atoms with Crippen LogP contribution in [-0.4, -0.2) is 12.5 Å². The van der Waals surface area contributed by atoms with Crippen molar-refractivity contribution in [3.05, 3.63) is 54.6 Å². The van der Waals surface area contributed by atoms with Gasteiger partial charge in [0.15, 0.2) is 0 Å². The zero-order valence-corrected chi connectivity index (χ0v) is 10.2. The Labute approximate surface area is 107 Å². The molecule has 0 bridgehead atoms. The molecule has 2 heteroatoms. The average Bonchev–Trinajstić information content (AvgIpc) is 2.86. The first-order chi connectivity index (χ1) is 8.84. The van der Waals surface area contributed by atoms with Crippen LogP contribution in [0, 0.1) is 0 Å². The largest absolute Gasteiger partial charge is 0.312 e. The Morgan fingerprint density at radius 1 is 0.833 bits per heavy atom. The van der Waals surface area contributed by atoms with Crippen LogP contribution in [0.25, 0.3) is 11.1 Å². The van der Waals surface area contributed by atoms with Gasteiger partial charge in [0.05, 0.1) is 0 Å². The predicted molar refractivity (Wildman–Crippen MR) is 73.5 cm³/mol. The Hall–Kier alpha value is -2.09. The second-order valence-corrected chi connectivity index (χ2v) is 4.56. The molecule has 1 aliphatic rings. The molecule has 1 fully saturated rings. The first-order valence-electron chi connectivity index (χ1n) is 6.30. The van der Waals surface area contributed by atoms with Crippen molar-refractivity contribution < 1.29 is 4.79 Å². The lowest BCUT2D eigenvalue weighted by Crippen LogP contribution is -2.23. The molecule has 1 heterocycles. The SMILES string of the molecule is O=C1CCCN1c1ccc(-c2ccccc2)cc1. The number of benzene rings is 2. The zero-order chi connectivity index (χ0) is 12.4. The van der Waals surface area contributed by atoms with Crippen LogP contribution in [0.4, 0.5) is 5.69 Å². The summed E-state index contributed by atoms with van der Waals surface area (Å²) in [5, 5.41) is 0. The quantitative estimate of drug-likeness (QED) is 0.783. The molecule has 2 aromatic carbocycles. The van der Waals surface area contributed by atoms with E-state index in [9.17, 15) is 4.79 Å². The number of carbonyl (C=O) groups excluding carboxylic acids is 1. The molecule has 2 aromatic rings. The monoisotopic (exact) mass is 237 g/mol. The number of anilines is 1. The van der Waals surface area contributed by atoms with E-state index >= 15 is 0 Å². The minimum absolute atomic E-state index is 0.238. The number of hydrogen-bond donors (Lipinski definition) is 0. The van der Waals surface area contributed by atoms with Crippen molar-refractivity contribution >= 4 is 11.6 Å². The highest BCUT2D eigenvalue weighted by Crippen LogP contribution is 2.25. The van der Waals surface area contributed by atoms with Gasteiger partial charge >= 0.3 is 0 Å². The van der Waals surface area contributed by atoms with Gasteiger partial charge < -0.3 is 4.90 Å². The fraction of sp³-hybridized carbons (Fsp3) is 0.188. The molecule has 18 heavy (non-hydrogen) atoms. The Morgan fingerprint density at radius 3 is 2.11 bits per heavy atom. The van der Waals surface area contributed by atoms with Crippen LogP contribution >= 0.6 is 0 Å². The molecular weight excluding hydrogens is 222 g/mol. The van der Waals surface area contributed by atoms with Gasteiger partial charge in [0.25, 0.3) is 0 Å². The van der Waals surface area contributed by atoms with E-state index in [2.05, 4.69) is 24.3 Å². The van der Waals surface area contributed by atoms with Gasteiger partial charge in [-0.25, -0.2) is 0 Å². The third kappa shape index (κ3) is 2.02. The first-order valence-corrected chi connectivity index (χ1v) is 6.30. The fourth-order valence-electron chi connectivity index (χ4n) is 2.39. The minimum atomic E-state index is 0.238. The molecule has 0 spiro atoms. The van der Waals surface area contributed by atoms with Gasteiger partial charge in [-0.15, -0.1) is 0 Å². The Kier molecular flexibility index (Phi) is 2.85. The van der Waals surface area contributed by atoms with Crippen LogP contribution in [0.3, 0.4) is 0 Å². The Bertz CT molecular complexity index is 545. The maximum absolute atomic E-state index is 11.7. The molecule has 3 rings (SSSR count). The van der Waals surface area contributed by atoms with Gasteiger partial charge in [-0.2, -0.15) is 0 Å². The molecule has 90 valence electrons. The van der Waals surface area contributed by atoms with Crippen LogP contribution in [-0.2, 0) is 4.79 Å². The summed E-state index contributed by atoms with van der Waals surface area (Å²) < 4.78 is 0. The molecule has 0 aliphatic carbocycles. The summed E-state index contributed by atoms with van der Waals surface area (Å²) in [6.07, 6.45) is 1.65. The van der Waals surface area contributed by atoms with Gasteiger partial charge in [-0.05, 0) is 29.7 Å². The fourth-order valence-corrected chi connectivity index (χ4v) is 2.39. The number of amides is 1. The van der Waals surface area contributed by atoms with Crippen molar-refractivity contribution in [2.75, 3.05) is 11.4 Å². The lowest BCUT2D eigenvalue weighted by molar-refractivity contribution is -0.117. The molecule has 0 saturated carbocycles. The van der Waals surface area contributed by atoms with Gasteiger partial charge in [0, 0.05) is 18.7 Å². The van der Waals surface area contributed by atoms with Crippen molar-refractivity contribution in [3.8, 4) is 11.1 Å². The molecule has 0 aromatic heterocycles. The van der Waals surface area contributed by atoms with E-state index in [1.54, 1.807) is 0 Å². The van der Waals surface area contributed by atoms with E-state index in [1.807, 2.05) is 35.2 Å². The number of hydrogen-bond acceptors (Lipinski definition) is 1. The van der Waals surface area contributed by atoms with Crippen LogP contribution in [0.15, 0.2) is 54.6 Å². The number of rotatable bonds is 2. The summed E-state index contributed by atoms with van der Waals surface area (Å²) in [5.41, 5.74) is 3.40. The molecule has 1 saturated heterocycles. The van der Waals surface area contributed by atoms with Crippen molar-refractivity contribution in [1.29, 1.82) is 0 Å². The number of carbonyl (C=O) groups is 1. The van der Waals surface area contributed by atoms with Crippen LogP contribution in [0.1, 0.15) is 12.8 Å². The van der Waals surface area contributed by atoms with Crippen molar-refractivity contribution in [2.45, 2.75) is 12.8 Å². The molecular formula is C16H15NO. The summed E-state index contributed by atoms with van der Waals surface area (Å²) in [7, 11) is 0. The second-order valence-electron chi connectivity index (χ2n) is 4.56. The van der Waals surface area contributed by atoms with Gasteiger partial charge in [0.1, 0.15) is 0 Å². The van der Waals surface area contributed by atoms with Crippen molar-refractivity contribution in [1.82, 2.24) is 0 Å². The highest BCUT2D eigenvalue weighted by Gasteiger charge is 2.21. The van der Waals surface area contributed by atoms with Gasteiger partial charge in [-0.1, -0.05) is 42.5 Å². The maximum Gasteiger partial charge on any atom is 0.227 e.